The van der Waals surface area contributed by atoms with Gasteiger partial charge in [0.25, 0.3) is 0 Å². The largest absolute Gasteiger partial charge is 0.341 e. The molecule has 3 nitrogen and oxygen atoms in total. The Hall–Kier alpha value is -0.870. The second-order valence-electron chi connectivity index (χ2n) is 4.44. The molecule has 0 radical (unpaired) electrons. The van der Waals surface area contributed by atoms with Crippen LogP contribution in [-0.4, -0.2) is 16.5 Å². The normalized spacial score (nSPS) is 12.2. The van der Waals surface area contributed by atoms with Crippen molar-refractivity contribution in [3.8, 4) is 0 Å². The summed E-state index contributed by atoms with van der Waals surface area (Å²) in [6, 6.07) is 6.08. The van der Waals surface area contributed by atoms with E-state index in [4.69, 9.17) is 5.73 Å². The molecule has 1 aromatic carbocycles. The molecular weight excluding hydrogens is 278 g/mol. The van der Waals surface area contributed by atoms with E-state index < -0.39 is 0 Å². The zero-order chi connectivity index (χ0) is 12.5. The van der Waals surface area contributed by atoms with Crippen molar-refractivity contribution < 1.29 is 0 Å². The van der Waals surface area contributed by atoms with Crippen LogP contribution >= 0.6 is 15.9 Å². The van der Waals surface area contributed by atoms with Crippen LogP contribution in [0.15, 0.2) is 22.7 Å². The first-order valence-corrected chi connectivity index (χ1v) is 6.80. The molecule has 0 amide bonds. The maximum atomic E-state index is 5.94. The number of fused-ring (bicyclic) bond motifs is 1. The second-order valence-corrected chi connectivity index (χ2v) is 5.35. The average Bonchev–Trinajstić information content (AvgIpc) is 2.75. The van der Waals surface area contributed by atoms with Gasteiger partial charge in [0.05, 0.1) is 11.0 Å². The van der Waals surface area contributed by atoms with E-state index >= 15 is 0 Å². The summed E-state index contributed by atoms with van der Waals surface area (Å²) in [6.07, 6.45) is 2.00. The molecule has 17 heavy (non-hydrogen) atoms. The lowest BCUT2D eigenvalue weighted by Crippen LogP contribution is -2.35. The van der Waals surface area contributed by atoms with Gasteiger partial charge in [0, 0.05) is 16.4 Å². The van der Waals surface area contributed by atoms with Crippen molar-refractivity contribution in [1.82, 2.24) is 9.97 Å². The van der Waals surface area contributed by atoms with Crippen LogP contribution < -0.4 is 5.73 Å². The number of hydrogen-bond acceptors (Lipinski definition) is 2. The lowest BCUT2D eigenvalue weighted by atomic mass is 9.82. The fourth-order valence-corrected chi connectivity index (χ4v) is 2.56. The lowest BCUT2D eigenvalue weighted by molar-refractivity contribution is 0.387. The predicted octanol–water partition coefficient (Wildman–Crippen LogP) is 3.34. The van der Waals surface area contributed by atoms with Crippen molar-refractivity contribution in [2.24, 2.45) is 5.73 Å². The summed E-state index contributed by atoms with van der Waals surface area (Å²) >= 11 is 3.47. The highest BCUT2D eigenvalue weighted by atomic mass is 79.9. The monoisotopic (exact) mass is 295 g/mol. The Morgan fingerprint density at radius 3 is 2.65 bits per heavy atom. The van der Waals surface area contributed by atoms with Gasteiger partial charge in [-0.25, -0.2) is 4.98 Å². The maximum absolute atomic E-state index is 5.94. The molecular formula is C13H18BrN3. The van der Waals surface area contributed by atoms with Crippen molar-refractivity contribution in [2.45, 2.75) is 32.1 Å². The van der Waals surface area contributed by atoms with Crippen LogP contribution in [0.1, 0.15) is 32.5 Å². The van der Waals surface area contributed by atoms with Gasteiger partial charge in [-0.15, -0.1) is 0 Å². The fraction of sp³-hybridized carbons (Fsp3) is 0.462. The molecule has 4 heteroatoms. The number of aromatic amines is 1. The Morgan fingerprint density at radius 2 is 2.06 bits per heavy atom. The van der Waals surface area contributed by atoms with Crippen LogP contribution in [0.5, 0.6) is 0 Å². The molecule has 1 heterocycles. The van der Waals surface area contributed by atoms with Gasteiger partial charge < -0.3 is 10.7 Å². The van der Waals surface area contributed by atoms with E-state index in [2.05, 4.69) is 45.8 Å². The van der Waals surface area contributed by atoms with Crippen LogP contribution in [-0.2, 0) is 5.41 Å². The predicted molar refractivity (Wildman–Crippen MR) is 75.1 cm³/mol. The summed E-state index contributed by atoms with van der Waals surface area (Å²) in [5, 5.41) is 0. The number of benzene rings is 1. The summed E-state index contributed by atoms with van der Waals surface area (Å²) < 4.78 is 1.06. The minimum Gasteiger partial charge on any atom is -0.341 e. The molecule has 0 aliphatic heterocycles. The lowest BCUT2D eigenvalue weighted by Gasteiger charge is -2.27. The summed E-state index contributed by atoms with van der Waals surface area (Å²) in [5.41, 5.74) is 7.99. The number of imidazole rings is 1. The average molecular weight is 296 g/mol. The van der Waals surface area contributed by atoms with Gasteiger partial charge in [-0.2, -0.15) is 0 Å². The molecule has 0 atom stereocenters. The minimum absolute atomic E-state index is 0.0223. The topological polar surface area (TPSA) is 54.7 Å². The van der Waals surface area contributed by atoms with Gasteiger partial charge in [0.15, 0.2) is 0 Å². The Balaban J connectivity index is 2.55. The van der Waals surface area contributed by atoms with Crippen LogP contribution in [0.2, 0.25) is 0 Å². The first kappa shape index (κ1) is 12.6. The number of hydrogen-bond donors (Lipinski definition) is 2. The van der Waals surface area contributed by atoms with E-state index in [1.807, 2.05) is 12.1 Å². The summed E-state index contributed by atoms with van der Waals surface area (Å²) in [7, 11) is 0. The highest BCUT2D eigenvalue weighted by molar-refractivity contribution is 9.10. The molecule has 92 valence electrons. The number of aromatic nitrogens is 2. The van der Waals surface area contributed by atoms with Crippen molar-refractivity contribution in [1.29, 1.82) is 0 Å². The van der Waals surface area contributed by atoms with Gasteiger partial charge in [-0.3, -0.25) is 0 Å². The van der Waals surface area contributed by atoms with Gasteiger partial charge in [0.1, 0.15) is 5.82 Å². The van der Waals surface area contributed by atoms with Crippen LogP contribution in [0, 0.1) is 0 Å². The van der Waals surface area contributed by atoms with Crippen LogP contribution in [0.4, 0.5) is 0 Å². The van der Waals surface area contributed by atoms with Crippen molar-refractivity contribution >= 4 is 27.0 Å². The number of nitrogens with one attached hydrogen (secondary N) is 1. The van der Waals surface area contributed by atoms with E-state index in [0.717, 1.165) is 34.2 Å². The van der Waals surface area contributed by atoms with E-state index in [1.165, 1.54) is 0 Å². The number of nitrogens with zero attached hydrogens (tertiary/aromatic N) is 1. The zero-order valence-electron chi connectivity index (χ0n) is 10.3. The molecule has 0 aliphatic rings. The van der Waals surface area contributed by atoms with Gasteiger partial charge >= 0.3 is 0 Å². The number of nitrogens with two attached hydrogens (primary N) is 1. The van der Waals surface area contributed by atoms with Crippen molar-refractivity contribution in [2.75, 3.05) is 6.54 Å². The highest BCUT2D eigenvalue weighted by Crippen LogP contribution is 2.30. The standard InChI is InChI=1S/C13H18BrN3/c1-3-13(4-2,8-15)12-16-10-6-5-9(14)7-11(10)17-12/h5-7H,3-4,8,15H2,1-2H3,(H,16,17). The molecule has 0 saturated heterocycles. The van der Waals surface area contributed by atoms with Crippen LogP contribution in [0.25, 0.3) is 11.0 Å². The van der Waals surface area contributed by atoms with E-state index in [0.29, 0.717) is 6.54 Å². The molecule has 0 saturated carbocycles. The summed E-state index contributed by atoms with van der Waals surface area (Å²) in [6.45, 7) is 4.96. The van der Waals surface area contributed by atoms with Gasteiger partial charge in [-0.1, -0.05) is 29.8 Å². The SMILES string of the molecule is CCC(CC)(CN)c1nc2ccc(Br)cc2[nH]1. The minimum atomic E-state index is -0.0223. The summed E-state index contributed by atoms with van der Waals surface area (Å²) in [4.78, 5) is 8.09. The molecule has 2 aromatic rings. The number of rotatable bonds is 4. The van der Waals surface area contributed by atoms with Gasteiger partial charge in [-0.05, 0) is 31.0 Å². The highest BCUT2D eigenvalue weighted by Gasteiger charge is 2.30. The quantitative estimate of drug-likeness (QED) is 0.909. The number of halogens is 1. The van der Waals surface area contributed by atoms with E-state index in [-0.39, 0.29) is 5.41 Å². The fourth-order valence-electron chi connectivity index (χ4n) is 2.20. The molecule has 0 spiro atoms. The molecule has 3 N–H and O–H groups in total. The maximum Gasteiger partial charge on any atom is 0.114 e. The first-order valence-electron chi connectivity index (χ1n) is 6.01. The van der Waals surface area contributed by atoms with Crippen molar-refractivity contribution in [3.05, 3.63) is 28.5 Å². The Bertz CT molecular complexity index is 506. The second kappa shape index (κ2) is 4.78. The Morgan fingerprint density at radius 1 is 1.35 bits per heavy atom. The third-order valence-electron chi connectivity index (χ3n) is 3.69. The molecule has 0 bridgehead atoms. The molecule has 2 rings (SSSR count). The Kier molecular flexibility index (Phi) is 3.54. The summed E-state index contributed by atoms with van der Waals surface area (Å²) in [5.74, 6) is 1.01. The van der Waals surface area contributed by atoms with E-state index in [9.17, 15) is 0 Å². The third kappa shape index (κ3) is 2.11. The van der Waals surface area contributed by atoms with Gasteiger partial charge in [0.2, 0.25) is 0 Å². The molecule has 0 fully saturated rings. The third-order valence-corrected chi connectivity index (χ3v) is 4.18. The molecule has 0 unspecified atom stereocenters. The zero-order valence-corrected chi connectivity index (χ0v) is 11.8. The van der Waals surface area contributed by atoms with Crippen molar-refractivity contribution in [3.63, 3.8) is 0 Å². The Labute approximate surface area is 110 Å². The number of H-pyrrole nitrogens is 1. The van der Waals surface area contributed by atoms with Crippen LogP contribution in [0.3, 0.4) is 0 Å². The first-order chi connectivity index (χ1) is 8.15. The van der Waals surface area contributed by atoms with E-state index in [1.54, 1.807) is 0 Å². The smallest absolute Gasteiger partial charge is 0.114 e. The molecule has 1 aromatic heterocycles. The molecule has 0 aliphatic carbocycles.